The van der Waals surface area contributed by atoms with Gasteiger partial charge in [-0.3, -0.25) is 4.55 Å². The highest BCUT2D eigenvalue weighted by atomic mass is 32.3. The minimum Gasteiger partial charge on any atom is -0.393 e. The Kier molecular flexibility index (Phi) is 13.7. The highest BCUT2D eigenvalue weighted by Gasteiger charge is 2.62. The second-order valence-corrected chi connectivity index (χ2v) is 17.7. The van der Waals surface area contributed by atoms with Crippen molar-refractivity contribution in [1.29, 1.82) is 0 Å². The molecule has 264 valence electrons. The van der Waals surface area contributed by atoms with Gasteiger partial charge in [0.2, 0.25) is 0 Å². The number of fused-ring (bicyclic) bond motifs is 5. The van der Waals surface area contributed by atoms with Crippen LogP contribution in [0.15, 0.2) is 0 Å². The Hall–Kier alpha value is -0.290. The summed E-state index contributed by atoms with van der Waals surface area (Å²) >= 11 is 0. The van der Waals surface area contributed by atoms with Crippen LogP contribution in [-0.4, -0.2) is 62.5 Å². The number of unbranched alkanes of at least 4 members (excludes halogenated alkanes) is 3. The lowest BCUT2D eigenvalue weighted by molar-refractivity contribution is -0.167. The first kappa shape index (κ1) is 37.5. The van der Waals surface area contributed by atoms with Gasteiger partial charge in [-0.15, -0.1) is 0 Å². The maximum Gasteiger partial charge on any atom is 0.397 e. The van der Waals surface area contributed by atoms with Crippen molar-refractivity contribution < 1.29 is 22.3 Å². The molecule has 9 heteroatoms. The van der Waals surface area contributed by atoms with E-state index in [1.807, 2.05) is 13.8 Å². The molecule has 0 radical (unpaired) electrons. The molecule has 4 fully saturated rings. The normalized spacial score (nSPS) is 38.0. The number of rotatable bonds is 18. The van der Waals surface area contributed by atoms with Gasteiger partial charge in [-0.2, -0.15) is 8.42 Å². The lowest BCUT2D eigenvalue weighted by Crippen LogP contribution is -2.59. The predicted molar refractivity (Wildman–Crippen MR) is 183 cm³/mol. The fourth-order valence-corrected chi connectivity index (χ4v) is 11.7. The first-order valence-corrected chi connectivity index (χ1v) is 20.1. The Morgan fingerprint density at radius 3 is 2.27 bits per heavy atom. The Bertz CT molecular complexity index is 1010. The van der Waals surface area contributed by atoms with E-state index in [0.29, 0.717) is 53.4 Å². The lowest BCUT2D eigenvalue weighted by atomic mass is 9.43. The minimum atomic E-state index is -4.45. The average molecular weight is 656 g/mol. The van der Waals surface area contributed by atoms with Crippen molar-refractivity contribution in [1.82, 2.24) is 10.6 Å². The third-order valence-electron chi connectivity index (χ3n) is 13.6. The third kappa shape index (κ3) is 9.24. The topological polar surface area (TPSA) is 134 Å². The Morgan fingerprint density at radius 2 is 1.56 bits per heavy atom. The first-order chi connectivity index (χ1) is 21.3. The van der Waals surface area contributed by atoms with Crippen LogP contribution in [-0.2, 0) is 14.6 Å². The van der Waals surface area contributed by atoms with Crippen molar-refractivity contribution in [2.45, 2.75) is 149 Å². The molecule has 4 aliphatic carbocycles. The molecule has 4 rings (SSSR count). The van der Waals surface area contributed by atoms with Gasteiger partial charge in [0.15, 0.2) is 0 Å². The first-order valence-electron chi connectivity index (χ1n) is 18.8. The zero-order valence-corrected chi connectivity index (χ0v) is 30.1. The number of nitrogens with two attached hydrogens (primary N) is 1. The standard InChI is InChI=1S/C36H69N3O5S/c1-25(2)33(44-45(41,42)43)14-11-26(3)29-12-13-30-34-31(16-18-36(29,30)5)35(4)17-15-28(23-27(35)24-32(34)40)39-22-10-21-38-20-9-7-6-8-19-37/h25-34,38-40H,6-24,37H2,1-5H3,(H,41,42,43)/t26-,27-,28+,29?,30?,31?,32?,33?,34?,35+,36-/m1/s1. The van der Waals surface area contributed by atoms with Crippen LogP contribution in [0, 0.1) is 52.3 Å². The van der Waals surface area contributed by atoms with Crippen LogP contribution < -0.4 is 16.4 Å². The van der Waals surface area contributed by atoms with Crippen LogP contribution in [0.1, 0.15) is 131 Å². The van der Waals surface area contributed by atoms with Crippen molar-refractivity contribution in [2.24, 2.45) is 58.0 Å². The molecule has 6 unspecified atom stereocenters. The van der Waals surface area contributed by atoms with Crippen molar-refractivity contribution >= 4 is 10.4 Å². The number of nitrogens with one attached hydrogen (secondary N) is 2. The zero-order valence-electron chi connectivity index (χ0n) is 29.3. The fourth-order valence-electron chi connectivity index (χ4n) is 11.1. The van der Waals surface area contributed by atoms with Crippen molar-refractivity contribution in [3.8, 4) is 0 Å². The number of hydrogen-bond acceptors (Lipinski definition) is 7. The number of aliphatic hydroxyl groups is 1. The average Bonchev–Trinajstić information content (AvgIpc) is 3.33. The van der Waals surface area contributed by atoms with E-state index in [2.05, 4.69) is 31.4 Å². The van der Waals surface area contributed by atoms with Gasteiger partial charge >= 0.3 is 10.4 Å². The predicted octanol–water partition coefficient (Wildman–Crippen LogP) is 6.33. The summed E-state index contributed by atoms with van der Waals surface area (Å²) in [5, 5.41) is 19.3. The molecule has 0 aromatic heterocycles. The molecule has 0 bridgehead atoms. The van der Waals surface area contributed by atoms with Gasteiger partial charge in [0.25, 0.3) is 0 Å². The molecule has 0 heterocycles. The highest BCUT2D eigenvalue weighted by molar-refractivity contribution is 7.80. The Morgan fingerprint density at radius 1 is 0.867 bits per heavy atom. The summed E-state index contributed by atoms with van der Waals surface area (Å²) in [4.78, 5) is 0. The molecule has 0 aromatic carbocycles. The van der Waals surface area contributed by atoms with Gasteiger partial charge in [0.05, 0.1) is 12.2 Å². The second-order valence-electron chi connectivity index (χ2n) is 16.6. The molecule has 8 nitrogen and oxygen atoms in total. The fraction of sp³-hybridized carbons (Fsp3) is 1.00. The number of aliphatic hydroxyl groups excluding tert-OH is 1. The van der Waals surface area contributed by atoms with Gasteiger partial charge < -0.3 is 21.5 Å². The van der Waals surface area contributed by atoms with Crippen LogP contribution in [0.2, 0.25) is 0 Å². The molecule has 4 saturated carbocycles. The molecule has 0 spiro atoms. The summed E-state index contributed by atoms with van der Waals surface area (Å²) in [6.07, 6.45) is 16.4. The van der Waals surface area contributed by atoms with Crippen LogP contribution >= 0.6 is 0 Å². The van der Waals surface area contributed by atoms with Crippen molar-refractivity contribution in [3.05, 3.63) is 0 Å². The highest BCUT2D eigenvalue weighted by Crippen LogP contribution is 2.68. The van der Waals surface area contributed by atoms with Crippen LogP contribution in [0.4, 0.5) is 0 Å². The van der Waals surface area contributed by atoms with Crippen molar-refractivity contribution in [2.75, 3.05) is 26.2 Å². The molecule has 0 aromatic rings. The largest absolute Gasteiger partial charge is 0.397 e. The van der Waals surface area contributed by atoms with E-state index in [4.69, 9.17) is 9.92 Å². The van der Waals surface area contributed by atoms with Gasteiger partial charge in [-0.05, 0) is 162 Å². The molecular weight excluding hydrogens is 586 g/mol. The summed E-state index contributed by atoms with van der Waals surface area (Å²) in [6.45, 7) is 15.4. The van der Waals surface area contributed by atoms with Crippen LogP contribution in [0.3, 0.4) is 0 Å². The summed E-state index contributed by atoms with van der Waals surface area (Å²) in [7, 11) is -4.45. The summed E-state index contributed by atoms with van der Waals surface area (Å²) in [5.41, 5.74) is 6.13. The van der Waals surface area contributed by atoms with E-state index < -0.39 is 16.5 Å². The smallest absolute Gasteiger partial charge is 0.393 e. The molecule has 0 saturated heterocycles. The molecule has 0 aliphatic heterocycles. The third-order valence-corrected chi connectivity index (χ3v) is 14.1. The zero-order chi connectivity index (χ0) is 32.8. The SMILES string of the molecule is CC(C)C(CC[C@@H](C)C1CCC2C3C(O)C[C@H]4C[C@@H](NCCCNCCCCCCN)CC[C@]4(C)C3CC[C@@]21C)OS(=O)(=O)O. The van der Waals surface area contributed by atoms with E-state index in [1.165, 1.54) is 70.6 Å². The molecule has 6 N–H and O–H groups in total. The monoisotopic (exact) mass is 655 g/mol. The summed E-state index contributed by atoms with van der Waals surface area (Å²) in [6, 6.07) is 0.577. The lowest BCUT2D eigenvalue weighted by Gasteiger charge is -2.62. The maximum absolute atomic E-state index is 11.8. The summed E-state index contributed by atoms with van der Waals surface area (Å²) < 4.78 is 37.2. The Labute approximate surface area is 276 Å². The number of hydrogen-bond donors (Lipinski definition) is 5. The van der Waals surface area contributed by atoms with Gasteiger partial charge in [-0.25, -0.2) is 4.18 Å². The van der Waals surface area contributed by atoms with Gasteiger partial charge in [-0.1, -0.05) is 47.5 Å². The molecular formula is C36H69N3O5S. The molecule has 0 amide bonds. The minimum absolute atomic E-state index is 0.0153. The van der Waals surface area contributed by atoms with Crippen molar-refractivity contribution in [3.63, 3.8) is 0 Å². The van der Waals surface area contributed by atoms with E-state index in [1.54, 1.807) is 0 Å². The van der Waals surface area contributed by atoms with E-state index >= 15 is 0 Å². The molecule has 4 aliphatic rings. The van der Waals surface area contributed by atoms with Gasteiger partial charge in [0, 0.05) is 6.04 Å². The van der Waals surface area contributed by atoms with E-state index in [-0.39, 0.29) is 17.4 Å². The van der Waals surface area contributed by atoms with E-state index in [0.717, 1.165) is 45.4 Å². The quantitative estimate of drug-likeness (QED) is 0.0854. The van der Waals surface area contributed by atoms with Gasteiger partial charge in [0.1, 0.15) is 0 Å². The second kappa shape index (κ2) is 16.4. The summed E-state index contributed by atoms with van der Waals surface area (Å²) in [5.74, 6) is 3.22. The molecule has 11 atom stereocenters. The Balaban J connectivity index is 1.27. The molecule has 45 heavy (non-hydrogen) atoms. The van der Waals surface area contributed by atoms with Crippen LogP contribution in [0.5, 0.6) is 0 Å². The van der Waals surface area contributed by atoms with E-state index in [9.17, 15) is 18.1 Å². The maximum atomic E-state index is 11.8. The van der Waals surface area contributed by atoms with Crippen LogP contribution in [0.25, 0.3) is 0 Å².